The first-order valence-corrected chi connectivity index (χ1v) is 2.42. The first-order chi connectivity index (χ1) is 3.80. The van der Waals surface area contributed by atoms with Crippen molar-refractivity contribution >= 4 is 12.8 Å². The Balaban J connectivity index is 3.35. The molecule has 0 saturated carbocycles. The minimum atomic E-state index is -0.164. The van der Waals surface area contributed by atoms with Crippen molar-refractivity contribution in [1.29, 1.82) is 0 Å². The molecule has 0 atom stereocenters. The SMILES string of the molecule is O=c1ccncn1S. The van der Waals surface area contributed by atoms with E-state index in [1.165, 1.54) is 18.6 Å². The third-order valence-corrected chi connectivity index (χ3v) is 1.01. The second kappa shape index (κ2) is 2.00. The molecule has 1 aromatic heterocycles. The van der Waals surface area contributed by atoms with Gasteiger partial charge in [0.05, 0.1) is 0 Å². The van der Waals surface area contributed by atoms with Crippen LogP contribution in [-0.4, -0.2) is 8.96 Å². The fourth-order valence-corrected chi connectivity index (χ4v) is 0.468. The number of thiol groups is 1. The highest BCUT2D eigenvalue weighted by Gasteiger charge is 1.81. The van der Waals surface area contributed by atoms with Gasteiger partial charge in [0, 0.05) is 12.3 Å². The fourth-order valence-electron chi connectivity index (χ4n) is 0.342. The first-order valence-electron chi connectivity index (χ1n) is 2.02. The summed E-state index contributed by atoms with van der Waals surface area (Å²) >= 11 is 3.74. The van der Waals surface area contributed by atoms with Gasteiger partial charge in [-0.3, -0.25) is 4.79 Å². The average molecular weight is 128 g/mol. The Labute approximate surface area is 51.5 Å². The molecule has 0 amide bonds. The van der Waals surface area contributed by atoms with Gasteiger partial charge in [0.2, 0.25) is 0 Å². The van der Waals surface area contributed by atoms with Crippen molar-refractivity contribution in [2.24, 2.45) is 0 Å². The van der Waals surface area contributed by atoms with Crippen molar-refractivity contribution in [3.8, 4) is 0 Å². The number of rotatable bonds is 0. The molecule has 0 bridgehead atoms. The molecule has 0 radical (unpaired) electrons. The highest BCUT2D eigenvalue weighted by molar-refractivity contribution is 7.78. The summed E-state index contributed by atoms with van der Waals surface area (Å²) in [4.78, 5) is 14.1. The number of hydrogen-bond donors (Lipinski definition) is 1. The molecule has 0 aromatic carbocycles. The molecule has 0 N–H and O–H groups in total. The summed E-state index contributed by atoms with van der Waals surface area (Å²) in [5.41, 5.74) is -0.164. The predicted molar refractivity (Wildman–Crippen MR) is 32.9 cm³/mol. The third kappa shape index (κ3) is 0.894. The Morgan fingerprint density at radius 3 is 2.88 bits per heavy atom. The lowest BCUT2D eigenvalue weighted by Gasteiger charge is -1.86. The number of aromatic nitrogens is 2. The summed E-state index contributed by atoms with van der Waals surface area (Å²) in [7, 11) is 0. The van der Waals surface area contributed by atoms with Crippen LogP contribution in [0, 0.1) is 0 Å². The average Bonchev–Trinajstić information content (AvgIpc) is 1.77. The minimum absolute atomic E-state index is 0.164. The van der Waals surface area contributed by atoms with Gasteiger partial charge < -0.3 is 0 Å². The second-order valence-corrected chi connectivity index (χ2v) is 1.69. The topological polar surface area (TPSA) is 34.9 Å². The Morgan fingerprint density at radius 1 is 1.75 bits per heavy atom. The van der Waals surface area contributed by atoms with E-state index in [9.17, 15) is 4.79 Å². The van der Waals surface area contributed by atoms with Crippen LogP contribution in [0.4, 0.5) is 0 Å². The molecule has 0 fully saturated rings. The van der Waals surface area contributed by atoms with Crippen LogP contribution >= 0.6 is 12.8 Å². The molecule has 42 valence electrons. The summed E-state index contributed by atoms with van der Waals surface area (Å²) < 4.78 is 1.11. The van der Waals surface area contributed by atoms with Crippen LogP contribution in [-0.2, 0) is 0 Å². The van der Waals surface area contributed by atoms with E-state index in [2.05, 4.69) is 17.8 Å². The lowest BCUT2D eigenvalue weighted by atomic mass is 10.7. The van der Waals surface area contributed by atoms with E-state index >= 15 is 0 Å². The number of nitrogens with zero attached hydrogens (tertiary/aromatic N) is 2. The van der Waals surface area contributed by atoms with Gasteiger partial charge in [-0.05, 0) is 0 Å². The maximum Gasteiger partial charge on any atom is 0.263 e. The molecule has 1 rings (SSSR count). The van der Waals surface area contributed by atoms with Crippen LogP contribution in [0.15, 0.2) is 23.4 Å². The van der Waals surface area contributed by atoms with E-state index in [1.54, 1.807) is 0 Å². The molecule has 1 heterocycles. The molecular formula is C4H4N2OS. The summed E-state index contributed by atoms with van der Waals surface area (Å²) in [6.07, 6.45) is 2.76. The summed E-state index contributed by atoms with van der Waals surface area (Å²) in [5.74, 6) is 0. The maximum absolute atomic E-state index is 10.5. The van der Waals surface area contributed by atoms with Crippen LogP contribution in [0.25, 0.3) is 0 Å². The zero-order chi connectivity index (χ0) is 5.98. The van der Waals surface area contributed by atoms with Crippen molar-refractivity contribution in [3.63, 3.8) is 0 Å². The molecular weight excluding hydrogens is 124 g/mol. The van der Waals surface area contributed by atoms with E-state index < -0.39 is 0 Å². The molecule has 3 nitrogen and oxygen atoms in total. The zero-order valence-corrected chi connectivity index (χ0v) is 4.88. The molecule has 0 spiro atoms. The van der Waals surface area contributed by atoms with E-state index in [4.69, 9.17) is 0 Å². The normalized spacial score (nSPS) is 9.12. The van der Waals surface area contributed by atoms with Crippen LogP contribution in [0.3, 0.4) is 0 Å². The first kappa shape index (κ1) is 5.37. The molecule has 0 unspecified atom stereocenters. The van der Waals surface area contributed by atoms with Crippen molar-refractivity contribution in [2.75, 3.05) is 0 Å². The molecule has 4 heteroatoms. The van der Waals surface area contributed by atoms with Gasteiger partial charge >= 0.3 is 0 Å². The lowest BCUT2D eigenvalue weighted by molar-refractivity contribution is 1.06. The van der Waals surface area contributed by atoms with Crippen LogP contribution in [0.5, 0.6) is 0 Å². The van der Waals surface area contributed by atoms with E-state index in [-0.39, 0.29) is 5.56 Å². The molecule has 0 aliphatic heterocycles. The van der Waals surface area contributed by atoms with Gasteiger partial charge in [0.1, 0.15) is 6.33 Å². The van der Waals surface area contributed by atoms with Gasteiger partial charge in [-0.15, -0.1) is 0 Å². The third-order valence-electron chi connectivity index (χ3n) is 0.705. The Morgan fingerprint density at radius 2 is 2.50 bits per heavy atom. The second-order valence-electron chi connectivity index (χ2n) is 1.26. The molecule has 0 aliphatic carbocycles. The Kier molecular flexibility index (Phi) is 1.34. The summed E-state index contributed by atoms with van der Waals surface area (Å²) in [6, 6.07) is 1.34. The standard InChI is InChI=1S/C4H4N2OS/c7-4-1-2-5-3-6(4)8/h1-3,8H. The summed E-state index contributed by atoms with van der Waals surface area (Å²) in [6.45, 7) is 0. The van der Waals surface area contributed by atoms with Crippen LogP contribution in [0.1, 0.15) is 0 Å². The van der Waals surface area contributed by atoms with Crippen molar-refractivity contribution in [3.05, 3.63) is 28.9 Å². The van der Waals surface area contributed by atoms with Crippen LogP contribution in [0.2, 0.25) is 0 Å². The fraction of sp³-hybridized carbons (Fsp3) is 0. The molecule has 0 aliphatic rings. The van der Waals surface area contributed by atoms with E-state index in [0.717, 1.165) is 3.97 Å². The van der Waals surface area contributed by atoms with E-state index in [1.807, 2.05) is 0 Å². The highest BCUT2D eigenvalue weighted by Crippen LogP contribution is 1.74. The lowest BCUT2D eigenvalue weighted by Crippen LogP contribution is -2.09. The Hall–Kier alpha value is -0.770. The van der Waals surface area contributed by atoms with Gasteiger partial charge in [-0.25, -0.2) is 8.96 Å². The molecule has 8 heavy (non-hydrogen) atoms. The zero-order valence-electron chi connectivity index (χ0n) is 3.98. The van der Waals surface area contributed by atoms with E-state index in [0.29, 0.717) is 0 Å². The van der Waals surface area contributed by atoms with Crippen molar-refractivity contribution < 1.29 is 0 Å². The van der Waals surface area contributed by atoms with Gasteiger partial charge in [-0.1, -0.05) is 12.8 Å². The van der Waals surface area contributed by atoms with Crippen molar-refractivity contribution in [2.45, 2.75) is 0 Å². The van der Waals surface area contributed by atoms with Gasteiger partial charge in [-0.2, -0.15) is 0 Å². The summed E-state index contributed by atoms with van der Waals surface area (Å²) in [5, 5.41) is 0. The maximum atomic E-state index is 10.5. The Bertz CT molecular complexity index is 231. The number of hydrogen-bond acceptors (Lipinski definition) is 3. The molecule has 1 aromatic rings. The van der Waals surface area contributed by atoms with Gasteiger partial charge in [0.25, 0.3) is 5.56 Å². The quantitative estimate of drug-likeness (QED) is 0.496. The monoisotopic (exact) mass is 128 g/mol. The largest absolute Gasteiger partial charge is 0.268 e. The molecule has 0 saturated heterocycles. The van der Waals surface area contributed by atoms with Gasteiger partial charge in [0.15, 0.2) is 0 Å². The minimum Gasteiger partial charge on any atom is -0.268 e. The van der Waals surface area contributed by atoms with Crippen LogP contribution < -0.4 is 5.56 Å². The van der Waals surface area contributed by atoms with Crippen molar-refractivity contribution in [1.82, 2.24) is 8.96 Å². The smallest absolute Gasteiger partial charge is 0.263 e. The predicted octanol–water partition coefficient (Wildman–Crippen LogP) is -0.0638. The highest BCUT2D eigenvalue weighted by atomic mass is 32.1.